The molecule has 22 heteroatoms. The lowest BCUT2D eigenvalue weighted by atomic mass is 9.82. The van der Waals surface area contributed by atoms with Crippen molar-refractivity contribution in [3.8, 4) is 0 Å². The van der Waals surface area contributed by atoms with E-state index >= 15 is 19.2 Å². The Balaban J connectivity index is 1.43. The SMILES string of the molecule is NC(N)=NCCC[C@@H]1NC(=O)[C@H](CCCN=C(N)N)NC(=O)[C@H](CCCN=C(N)N)NC(=O)[C@H](C(c2ccccc2)c2ccccc2)NC(=O)[C@H](C(c2ccccc2)c2ccccc2)NC(=O)[C@H](Cc2c[nH]c3ccccc23)NC1=O. The maximum Gasteiger partial charge on any atom is 0.244 e. The molecule has 0 saturated carbocycles. The summed E-state index contributed by atoms with van der Waals surface area (Å²) in [5, 5.41) is 18.5. The molecule has 7 rings (SSSR count). The summed E-state index contributed by atoms with van der Waals surface area (Å²) in [7, 11) is 0. The maximum atomic E-state index is 16.0. The van der Waals surface area contributed by atoms with Crippen LogP contribution in [-0.4, -0.2) is 114 Å². The first kappa shape index (κ1) is 58.9. The number of rotatable bonds is 20. The smallest absolute Gasteiger partial charge is 0.244 e. The lowest BCUT2D eigenvalue weighted by Crippen LogP contribution is -2.63. The van der Waals surface area contributed by atoms with Crippen LogP contribution in [0.2, 0.25) is 0 Å². The summed E-state index contributed by atoms with van der Waals surface area (Å²) in [5.41, 5.74) is 37.9. The van der Waals surface area contributed by atoms with Crippen molar-refractivity contribution in [1.82, 2.24) is 36.9 Å². The van der Waals surface area contributed by atoms with Gasteiger partial charge in [-0.3, -0.25) is 43.7 Å². The van der Waals surface area contributed by atoms with E-state index in [-0.39, 0.29) is 82.5 Å². The topological polar surface area (TPSA) is 384 Å². The predicted molar refractivity (Wildman–Crippen MR) is 313 cm³/mol. The molecule has 1 aromatic heterocycles. The van der Waals surface area contributed by atoms with Gasteiger partial charge in [-0.05, 0) is 72.4 Å². The van der Waals surface area contributed by atoms with E-state index in [9.17, 15) is 9.59 Å². The number of carbonyl (C=O) groups is 6. The largest absolute Gasteiger partial charge is 0.370 e. The van der Waals surface area contributed by atoms with Gasteiger partial charge in [0.1, 0.15) is 36.3 Å². The molecular formula is C59H72N16O6. The number of para-hydroxylation sites is 1. The number of fused-ring (bicyclic) bond motifs is 1. The van der Waals surface area contributed by atoms with Gasteiger partial charge in [-0.25, -0.2) is 0 Å². The molecule has 2 heterocycles. The number of H-pyrrole nitrogens is 1. The maximum absolute atomic E-state index is 16.0. The standard InChI is InChI=1S/C59H72N16O6/c60-57(61)66-31-15-28-43-51(76)71-44(29-16-32-67-58(62)63)53(78)73-46(34-40-35-69-42-27-14-13-26-41(40)42)54(79)74-50(48(38-22-9-3-10-23-38)39-24-11-4-12-25-39)56(81)75-49(47(36-18-5-1-6-19-36)37-20-7-2-8-21-37)55(80)72-45(52(77)70-43)30-17-33-68-59(64)65/h1-14,18-27,35,43-50,69H,15-17,28-34H2,(H,70,77)(H,71,76)(H,72,80)(H,73,78)(H,74,79)(H,75,81)(H4,60,61,66)(H4,62,63,67)(H4,64,65,68)/t43-,44-,45-,46-,49-,50-/m0/s1. The summed E-state index contributed by atoms with van der Waals surface area (Å²) in [6.07, 6.45) is 2.09. The Morgan fingerprint density at radius 2 is 0.691 bits per heavy atom. The summed E-state index contributed by atoms with van der Waals surface area (Å²) in [6, 6.07) is 35.5. The van der Waals surface area contributed by atoms with Crippen LogP contribution in [0.1, 0.15) is 78.2 Å². The van der Waals surface area contributed by atoms with E-state index in [4.69, 9.17) is 34.4 Å². The lowest BCUT2D eigenvalue weighted by Gasteiger charge is -2.34. The number of benzene rings is 5. The quantitative estimate of drug-likeness (QED) is 0.0294. The van der Waals surface area contributed by atoms with Gasteiger partial charge in [0, 0.05) is 55.0 Å². The van der Waals surface area contributed by atoms with Gasteiger partial charge in [-0.1, -0.05) is 140 Å². The Labute approximate surface area is 469 Å². The third-order valence-corrected chi connectivity index (χ3v) is 13.9. The van der Waals surface area contributed by atoms with Crippen molar-refractivity contribution in [3.05, 3.63) is 180 Å². The fourth-order valence-corrected chi connectivity index (χ4v) is 10.0. The van der Waals surface area contributed by atoms with Gasteiger partial charge < -0.3 is 71.3 Å². The second kappa shape index (κ2) is 29.3. The molecule has 1 aliphatic rings. The highest BCUT2D eigenvalue weighted by atomic mass is 16.2. The Morgan fingerprint density at radius 3 is 1.07 bits per heavy atom. The second-order valence-corrected chi connectivity index (χ2v) is 19.7. The highest BCUT2D eigenvalue weighted by Crippen LogP contribution is 2.32. The van der Waals surface area contributed by atoms with Crippen LogP contribution in [0.5, 0.6) is 0 Å². The normalized spacial score (nSPS) is 19.4. The molecule has 5 aromatic carbocycles. The monoisotopic (exact) mass is 1100 g/mol. The van der Waals surface area contributed by atoms with E-state index in [1.54, 1.807) is 6.20 Å². The summed E-state index contributed by atoms with van der Waals surface area (Å²) in [4.78, 5) is 108. The van der Waals surface area contributed by atoms with Gasteiger partial charge in [-0.15, -0.1) is 0 Å². The van der Waals surface area contributed by atoms with Crippen molar-refractivity contribution in [2.24, 2.45) is 49.4 Å². The highest BCUT2D eigenvalue weighted by Gasteiger charge is 2.41. The molecule has 1 aliphatic heterocycles. The molecule has 6 aromatic rings. The zero-order chi connectivity index (χ0) is 57.7. The molecule has 0 aliphatic carbocycles. The fraction of sp³-hybridized carbons (Fsp3) is 0.305. The number of guanidine groups is 3. The van der Waals surface area contributed by atoms with Crippen molar-refractivity contribution in [3.63, 3.8) is 0 Å². The van der Waals surface area contributed by atoms with Crippen LogP contribution in [0.25, 0.3) is 10.9 Å². The van der Waals surface area contributed by atoms with Gasteiger partial charge in [0.15, 0.2) is 17.9 Å². The number of nitrogens with two attached hydrogens (primary N) is 6. The first-order chi connectivity index (χ1) is 39.2. The summed E-state index contributed by atoms with van der Waals surface area (Å²) >= 11 is 0. The Morgan fingerprint density at radius 1 is 0.383 bits per heavy atom. The van der Waals surface area contributed by atoms with E-state index in [0.717, 1.165) is 10.9 Å². The Hall–Kier alpha value is -9.73. The van der Waals surface area contributed by atoms with Crippen LogP contribution in [0.4, 0.5) is 0 Å². The van der Waals surface area contributed by atoms with Crippen LogP contribution in [0.15, 0.2) is 167 Å². The Bertz CT molecular complexity index is 3070. The van der Waals surface area contributed by atoms with Crippen molar-refractivity contribution in [2.75, 3.05) is 19.6 Å². The van der Waals surface area contributed by atoms with Gasteiger partial charge in [-0.2, -0.15) is 0 Å². The molecule has 0 bridgehead atoms. The van der Waals surface area contributed by atoms with Crippen molar-refractivity contribution < 1.29 is 28.8 Å². The number of aromatic amines is 1. The van der Waals surface area contributed by atoms with Crippen LogP contribution in [0, 0.1) is 0 Å². The predicted octanol–water partition coefficient (Wildman–Crippen LogP) is 1.46. The minimum Gasteiger partial charge on any atom is -0.370 e. The molecule has 81 heavy (non-hydrogen) atoms. The zero-order valence-electron chi connectivity index (χ0n) is 44.9. The molecule has 6 atom stereocenters. The fourth-order valence-electron chi connectivity index (χ4n) is 10.0. The summed E-state index contributed by atoms with van der Waals surface area (Å²) in [5.74, 6) is -6.96. The minimum atomic E-state index is -1.49. The van der Waals surface area contributed by atoms with Gasteiger partial charge >= 0.3 is 0 Å². The zero-order valence-corrected chi connectivity index (χ0v) is 44.9. The number of amides is 6. The van der Waals surface area contributed by atoms with Crippen molar-refractivity contribution >= 4 is 64.2 Å². The molecule has 0 radical (unpaired) electrons. The number of aromatic nitrogens is 1. The number of aliphatic imine (C=N–C) groups is 3. The van der Waals surface area contributed by atoms with Gasteiger partial charge in [0.25, 0.3) is 0 Å². The minimum absolute atomic E-state index is 0.0333. The third-order valence-electron chi connectivity index (χ3n) is 13.9. The number of hydrogen-bond acceptors (Lipinski definition) is 9. The van der Waals surface area contributed by atoms with E-state index in [2.05, 4.69) is 51.9 Å². The van der Waals surface area contributed by atoms with Crippen LogP contribution < -0.4 is 66.3 Å². The van der Waals surface area contributed by atoms with Crippen LogP contribution >= 0.6 is 0 Å². The van der Waals surface area contributed by atoms with E-state index < -0.39 is 83.5 Å². The average Bonchev–Trinajstić information content (AvgIpc) is 3.90. The first-order valence-electron chi connectivity index (χ1n) is 26.9. The van der Waals surface area contributed by atoms with Crippen molar-refractivity contribution in [2.45, 2.75) is 93.0 Å². The summed E-state index contributed by atoms with van der Waals surface area (Å²) < 4.78 is 0. The molecule has 22 nitrogen and oxygen atoms in total. The van der Waals surface area contributed by atoms with E-state index in [1.165, 1.54) is 0 Å². The molecule has 1 saturated heterocycles. The first-order valence-corrected chi connectivity index (χ1v) is 26.9. The number of nitrogens with zero attached hydrogens (tertiary/aromatic N) is 3. The molecule has 19 N–H and O–H groups in total. The summed E-state index contributed by atoms with van der Waals surface area (Å²) in [6.45, 7) is 0.224. The molecule has 6 amide bonds. The van der Waals surface area contributed by atoms with Crippen LogP contribution in [0.3, 0.4) is 0 Å². The third kappa shape index (κ3) is 16.9. The number of nitrogens with one attached hydrogen (secondary N) is 7. The lowest BCUT2D eigenvalue weighted by molar-refractivity contribution is -0.137. The Kier molecular flexibility index (Phi) is 21.3. The number of hydrogen-bond donors (Lipinski definition) is 13. The van der Waals surface area contributed by atoms with E-state index in [0.29, 0.717) is 27.8 Å². The molecule has 0 unspecified atom stereocenters. The van der Waals surface area contributed by atoms with Crippen LogP contribution in [-0.2, 0) is 35.2 Å². The molecule has 0 spiro atoms. The second-order valence-electron chi connectivity index (χ2n) is 19.7. The highest BCUT2D eigenvalue weighted by molar-refractivity contribution is 5.99. The molecular weight excluding hydrogens is 1030 g/mol. The van der Waals surface area contributed by atoms with Crippen molar-refractivity contribution in [1.29, 1.82) is 0 Å². The average molecular weight is 1100 g/mol. The molecule has 1 fully saturated rings. The van der Waals surface area contributed by atoms with Gasteiger partial charge in [0.2, 0.25) is 35.4 Å². The number of carbonyl (C=O) groups excluding carboxylic acids is 6. The van der Waals surface area contributed by atoms with Gasteiger partial charge in [0.05, 0.1) is 0 Å². The van der Waals surface area contributed by atoms with E-state index in [1.807, 2.05) is 146 Å². The molecule has 424 valence electrons.